The zero-order valence-corrected chi connectivity index (χ0v) is 14.9. The number of benzene rings is 2. The summed E-state index contributed by atoms with van der Waals surface area (Å²) >= 11 is 0. The second-order valence-electron chi connectivity index (χ2n) is 6.99. The van der Waals surface area contributed by atoms with Crippen molar-refractivity contribution in [2.45, 2.75) is 13.5 Å². The highest BCUT2D eigenvalue weighted by Crippen LogP contribution is 2.37. The van der Waals surface area contributed by atoms with Crippen LogP contribution in [-0.4, -0.2) is 44.5 Å². The summed E-state index contributed by atoms with van der Waals surface area (Å²) in [6, 6.07) is 12.6. The van der Waals surface area contributed by atoms with Gasteiger partial charge in [-0.05, 0) is 43.3 Å². The van der Waals surface area contributed by atoms with Crippen molar-refractivity contribution < 1.29 is 0 Å². The maximum Gasteiger partial charge on any atom is 0.0961 e. The van der Waals surface area contributed by atoms with E-state index in [0.29, 0.717) is 0 Å². The van der Waals surface area contributed by atoms with Crippen molar-refractivity contribution in [1.82, 2.24) is 4.90 Å². The minimum absolute atomic E-state index is 0.783. The number of hydrogen-bond acceptors (Lipinski definition) is 5. The Hall–Kier alpha value is -2.53. The smallest absolute Gasteiger partial charge is 0.0961 e. The van der Waals surface area contributed by atoms with Crippen LogP contribution >= 0.6 is 0 Å². The molecule has 0 saturated carbocycles. The van der Waals surface area contributed by atoms with Crippen LogP contribution in [0.1, 0.15) is 11.1 Å². The van der Waals surface area contributed by atoms with Crippen LogP contribution in [-0.2, 0) is 6.54 Å². The van der Waals surface area contributed by atoms with Crippen LogP contribution in [0.15, 0.2) is 41.4 Å². The molecule has 1 fully saturated rings. The predicted octanol–water partition coefficient (Wildman–Crippen LogP) is 3.01. The van der Waals surface area contributed by atoms with Gasteiger partial charge in [-0.3, -0.25) is 0 Å². The number of aliphatic imine (C=N–C) groups is 1. The molecule has 2 heterocycles. The van der Waals surface area contributed by atoms with Gasteiger partial charge in [-0.2, -0.15) is 0 Å². The Morgan fingerprint density at radius 2 is 1.80 bits per heavy atom. The van der Waals surface area contributed by atoms with Gasteiger partial charge in [0.2, 0.25) is 0 Å². The first kappa shape index (κ1) is 16.0. The fraction of sp³-hybridized carbons (Fsp3) is 0.350. The number of fused-ring (bicyclic) bond motifs is 1. The van der Waals surface area contributed by atoms with Crippen molar-refractivity contribution in [3.8, 4) is 0 Å². The summed E-state index contributed by atoms with van der Waals surface area (Å²) in [5, 5.41) is 0. The Balaban J connectivity index is 1.64. The van der Waals surface area contributed by atoms with E-state index in [-0.39, 0.29) is 0 Å². The molecule has 0 radical (unpaired) electrons. The van der Waals surface area contributed by atoms with E-state index in [0.717, 1.165) is 49.8 Å². The van der Waals surface area contributed by atoms with Crippen molar-refractivity contribution >= 4 is 29.1 Å². The van der Waals surface area contributed by atoms with E-state index >= 15 is 0 Å². The molecule has 0 unspecified atom stereocenters. The molecule has 5 heteroatoms. The molecule has 0 amide bonds. The van der Waals surface area contributed by atoms with Crippen LogP contribution in [0.3, 0.4) is 0 Å². The van der Waals surface area contributed by atoms with Crippen LogP contribution in [0, 0.1) is 6.92 Å². The van der Waals surface area contributed by atoms with Crippen molar-refractivity contribution in [1.29, 1.82) is 0 Å². The molecular formula is C20H25N5. The second-order valence-corrected chi connectivity index (χ2v) is 6.99. The molecule has 0 aromatic heterocycles. The van der Waals surface area contributed by atoms with Crippen molar-refractivity contribution in [3.63, 3.8) is 0 Å². The second kappa shape index (κ2) is 6.41. The van der Waals surface area contributed by atoms with E-state index in [1.165, 1.54) is 16.8 Å². The molecule has 130 valence electrons. The van der Waals surface area contributed by atoms with Gasteiger partial charge in [-0.1, -0.05) is 18.2 Å². The number of rotatable bonds is 2. The number of likely N-dealkylation sites (N-methyl/N-ethyl adjacent to an activating group) is 1. The monoisotopic (exact) mass is 335 g/mol. The van der Waals surface area contributed by atoms with Gasteiger partial charge >= 0.3 is 0 Å². The molecule has 2 aliphatic rings. The van der Waals surface area contributed by atoms with Gasteiger partial charge in [0.1, 0.15) is 0 Å². The highest BCUT2D eigenvalue weighted by Gasteiger charge is 2.22. The lowest BCUT2D eigenvalue weighted by molar-refractivity contribution is 0.313. The first-order valence-electron chi connectivity index (χ1n) is 8.84. The van der Waals surface area contributed by atoms with Crippen LogP contribution in [0.4, 0.5) is 22.7 Å². The summed E-state index contributed by atoms with van der Waals surface area (Å²) in [4.78, 5) is 11.8. The van der Waals surface area contributed by atoms with E-state index in [1.807, 2.05) is 18.5 Å². The van der Waals surface area contributed by atoms with Gasteiger partial charge in [0.25, 0.3) is 0 Å². The van der Waals surface area contributed by atoms with Gasteiger partial charge in [0, 0.05) is 37.6 Å². The molecule has 0 bridgehead atoms. The lowest BCUT2D eigenvalue weighted by Gasteiger charge is -2.36. The Morgan fingerprint density at radius 1 is 1.00 bits per heavy atom. The number of aryl methyl sites for hydroxylation is 1. The Kier molecular flexibility index (Phi) is 4.09. The van der Waals surface area contributed by atoms with Gasteiger partial charge in [-0.25, -0.2) is 4.99 Å². The van der Waals surface area contributed by atoms with Gasteiger partial charge in [0.15, 0.2) is 0 Å². The summed E-state index contributed by atoms with van der Waals surface area (Å²) in [5.41, 5.74) is 12.7. The standard InChI is InChI=1S/C20H25N5/c1-15-6-7-17(21)12-19(15)25-13-16-4-3-5-18(20(16)22-14-25)24-10-8-23(2)9-11-24/h3-7,12,14H,8-11,13,21H2,1-2H3. The number of para-hydroxylation sites is 1. The largest absolute Gasteiger partial charge is 0.399 e. The normalized spacial score (nSPS) is 17.7. The van der Waals surface area contributed by atoms with E-state index in [2.05, 4.69) is 52.9 Å². The molecule has 5 nitrogen and oxygen atoms in total. The molecule has 2 aliphatic heterocycles. The molecule has 2 aromatic carbocycles. The van der Waals surface area contributed by atoms with E-state index in [4.69, 9.17) is 10.7 Å². The average molecular weight is 335 g/mol. The minimum atomic E-state index is 0.783. The summed E-state index contributed by atoms with van der Waals surface area (Å²) in [6.45, 7) is 7.24. The van der Waals surface area contributed by atoms with Crippen LogP contribution in [0.5, 0.6) is 0 Å². The van der Waals surface area contributed by atoms with Crippen molar-refractivity contribution in [2.24, 2.45) is 4.99 Å². The molecular weight excluding hydrogens is 310 g/mol. The van der Waals surface area contributed by atoms with Crippen LogP contribution < -0.4 is 15.5 Å². The summed E-state index contributed by atoms with van der Waals surface area (Å²) in [7, 11) is 2.18. The zero-order valence-electron chi connectivity index (χ0n) is 14.9. The fourth-order valence-corrected chi connectivity index (χ4v) is 3.59. The zero-order chi connectivity index (χ0) is 17.4. The van der Waals surface area contributed by atoms with E-state index in [1.54, 1.807) is 0 Å². The minimum Gasteiger partial charge on any atom is -0.399 e. The highest BCUT2D eigenvalue weighted by atomic mass is 15.3. The van der Waals surface area contributed by atoms with E-state index < -0.39 is 0 Å². The van der Waals surface area contributed by atoms with Gasteiger partial charge < -0.3 is 20.4 Å². The molecule has 4 rings (SSSR count). The predicted molar refractivity (Wildman–Crippen MR) is 106 cm³/mol. The Labute approximate surface area is 149 Å². The first-order chi connectivity index (χ1) is 12.1. The first-order valence-corrected chi connectivity index (χ1v) is 8.84. The molecule has 2 aromatic rings. The number of anilines is 3. The third-order valence-corrected chi connectivity index (χ3v) is 5.15. The van der Waals surface area contributed by atoms with Crippen molar-refractivity contribution in [3.05, 3.63) is 47.5 Å². The molecule has 1 saturated heterocycles. The number of nitrogens with zero attached hydrogens (tertiary/aromatic N) is 4. The third-order valence-electron chi connectivity index (χ3n) is 5.15. The molecule has 25 heavy (non-hydrogen) atoms. The maximum absolute atomic E-state index is 5.98. The Bertz CT molecular complexity index is 806. The van der Waals surface area contributed by atoms with E-state index in [9.17, 15) is 0 Å². The highest BCUT2D eigenvalue weighted by molar-refractivity contribution is 5.89. The lowest BCUT2D eigenvalue weighted by atomic mass is 10.1. The summed E-state index contributed by atoms with van der Waals surface area (Å²) < 4.78 is 0. The molecule has 0 aliphatic carbocycles. The third kappa shape index (κ3) is 3.07. The Morgan fingerprint density at radius 3 is 2.60 bits per heavy atom. The van der Waals surface area contributed by atoms with Gasteiger partial charge in [-0.15, -0.1) is 0 Å². The van der Waals surface area contributed by atoms with Crippen LogP contribution in [0.2, 0.25) is 0 Å². The molecule has 0 atom stereocenters. The van der Waals surface area contributed by atoms with Crippen LogP contribution in [0.25, 0.3) is 0 Å². The average Bonchev–Trinajstić information content (AvgIpc) is 2.63. The number of nitrogens with two attached hydrogens (primary N) is 1. The number of nitrogen functional groups attached to an aromatic ring is 1. The summed E-state index contributed by atoms with van der Waals surface area (Å²) in [5.74, 6) is 0. The lowest BCUT2D eigenvalue weighted by Crippen LogP contribution is -2.44. The number of hydrogen-bond donors (Lipinski definition) is 1. The quantitative estimate of drug-likeness (QED) is 0.857. The van der Waals surface area contributed by atoms with Gasteiger partial charge in [0.05, 0.1) is 24.3 Å². The topological polar surface area (TPSA) is 48.1 Å². The SMILES string of the molecule is Cc1ccc(N)cc1N1C=Nc2c(cccc2N2CCN(C)CC2)C1. The molecule has 2 N–H and O–H groups in total. The van der Waals surface area contributed by atoms with Crippen molar-refractivity contribution in [2.75, 3.05) is 48.8 Å². The molecule has 0 spiro atoms. The summed E-state index contributed by atoms with van der Waals surface area (Å²) in [6.07, 6.45) is 1.95. The fourth-order valence-electron chi connectivity index (χ4n) is 3.59. The number of piperazine rings is 1. The maximum atomic E-state index is 5.98.